The molecule has 0 bridgehead atoms. The second-order valence-electron chi connectivity index (χ2n) is 7.53. The third kappa shape index (κ3) is 4.73. The molecule has 1 heterocycles. The molecule has 2 aromatic rings. The van der Waals surface area contributed by atoms with Crippen LogP contribution in [0.15, 0.2) is 36.4 Å². The largest absolute Gasteiger partial charge is 0.350 e. The predicted octanol–water partition coefficient (Wildman–Crippen LogP) is 3.89. The number of imide groups is 1. The van der Waals surface area contributed by atoms with Gasteiger partial charge in [-0.15, -0.1) is 0 Å². The van der Waals surface area contributed by atoms with Crippen LogP contribution in [0.4, 0.5) is 5.69 Å². The summed E-state index contributed by atoms with van der Waals surface area (Å²) in [7, 11) is 0. The van der Waals surface area contributed by atoms with Crippen LogP contribution < -0.4 is 10.6 Å². The van der Waals surface area contributed by atoms with E-state index in [1.807, 2.05) is 0 Å². The SMILES string of the molecule is CC(C)C(=O)Nc1ccc(CNC(=O)C(C)N2C(=O)c3cc(Cl)c(Cl)cc3C2=O)cc1. The smallest absolute Gasteiger partial charge is 0.262 e. The van der Waals surface area contributed by atoms with E-state index in [1.165, 1.54) is 19.1 Å². The van der Waals surface area contributed by atoms with Crippen LogP contribution in [0.5, 0.6) is 0 Å². The number of hydrogen-bond donors (Lipinski definition) is 2. The summed E-state index contributed by atoms with van der Waals surface area (Å²) in [5.74, 6) is -1.88. The molecular weight excluding hydrogens is 441 g/mol. The first-order valence-corrected chi connectivity index (χ1v) is 10.4. The summed E-state index contributed by atoms with van der Waals surface area (Å²) in [6.07, 6.45) is 0. The van der Waals surface area contributed by atoms with Gasteiger partial charge in [-0.25, -0.2) is 0 Å². The van der Waals surface area contributed by atoms with Gasteiger partial charge in [0.15, 0.2) is 0 Å². The molecular formula is C22H21Cl2N3O4. The fourth-order valence-corrected chi connectivity index (χ4v) is 3.38. The Bertz CT molecular complexity index is 1030. The minimum absolute atomic E-state index is 0.0848. The quantitative estimate of drug-likeness (QED) is 0.637. The second kappa shape index (κ2) is 9.08. The fourth-order valence-electron chi connectivity index (χ4n) is 3.05. The van der Waals surface area contributed by atoms with Gasteiger partial charge in [0.05, 0.1) is 21.2 Å². The van der Waals surface area contributed by atoms with Crippen molar-refractivity contribution in [3.63, 3.8) is 0 Å². The lowest BCUT2D eigenvalue weighted by Gasteiger charge is -2.21. The zero-order valence-corrected chi connectivity index (χ0v) is 18.7. The van der Waals surface area contributed by atoms with E-state index in [9.17, 15) is 19.2 Å². The molecule has 1 unspecified atom stereocenters. The van der Waals surface area contributed by atoms with E-state index in [0.29, 0.717) is 5.69 Å². The number of hydrogen-bond acceptors (Lipinski definition) is 4. The Balaban J connectivity index is 1.63. The molecule has 1 aliphatic heterocycles. The van der Waals surface area contributed by atoms with Crippen LogP contribution in [0.2, 0.25) is 10.0 Å². The predicted molar refractivity (Wildman–Crippen MR) is 118 cm³/mol. The van der Waals surface area contributed by atoms with Crippen LogP contribution >= 0.6 is 23.2 Å². The van der Waals surface area contributed by atoms with Crippen molar-refractivity contribution in [2.24, 2.45) is 5.92 Å². The number of nitrogens with one attached hydrogen (secondary N) is 2. The van der Waals surface area contributed by atoms with Crippen molar-refractivity contribution in [1.29, 1.82) is 0 Å². The van der Waals surface area contributed by atoms with Gasteiger partial charge in [0.1, 0.15) is 6.04 Å². The van der Waals surface area contributed by atoms with E-state index in [0.717, 1.165) is 10.5 Å². The Morgan fingerprint density at radius 3 is 1.90 bits per heavy atom. The van der Waals surface area contributed by atoms with Crippen LogP contribution in [0, 0.1) is 5.92 Å². The topological polar surface area (TPSA) is 95.6 Å². The molecule has 7 nitrogen and oxygen atoms in total. The third-order valence-electron chi connectivity index (χ3n) is 4.94. The zero-order chi connectivity index (χ0) is 22.9. The van der Waals surface area contributed by atoms with Gasteiger partial charge < -0.3 is 10.6 Å². The van der Waals surface area contributed by atoms with Gasteiger partial charge in [-0.1, -0.05) is 49.2 Å². The van der Waals surface area contributed by atoms with Crippen molar-refractivity contribution < 1.29 is 19.2 Å². The third-order valence-corrected chi connectivity index (χ3v) is 5.66. The Morgan fingerprint density at radius 1 is 0.903 bits per heavy atom. The lowest BCUT2D eigenvalue weighted by atomic mass is 10.1. The molecule has 2 aromatic carbocycles. The number of halogens is 2. The highest BCUT2D eigenvalue weighted by Crippen LogP contribution is 2.32. The van der Waals surface area contributed by atoms with Crippen LogP contribution in [0.25, 0.3) is 0 Å². The number of benzene rings is 2. The summed E-state index contributed by atoms with van der Waals surface area (Å²) >= 11 is 11.9. The van der Waals surface area contributed by atoms with Crippen LogP contribution in [0.1, 0.15) is 47.1 Å². The summed E-state index contributed by atoms with van der Waals surface area (Å²) in [6.45, 7) is 5.28. The zero-order valence-electron chi connectivity index (χ0n) is 17.2. The van der Waals surface area contributed by atoms with Crippen molar-refractivity contribution in [3.05, 3.63) is 63.1 Å². The first kappa shape index (κ1) is 22.8. The van der Waals surface area contributed by atoms with Crippen molar-refractivity contribution in [2.75, 3.05) is 5.32 Å². The molecule has 0 spiro atoms. The second-order valence-corrected chi connectivity index (χ2v) is 8.34. The molecule has 2 N–H and O–H groups in total. The number of amides is 4. The Labute approximate surface area is 189 Å². The van der Waals surface area contributed by atoms with E-state index in [4.69, 9.17) is 23.2 Å². The van der Waals surface area contributed by atoms with Gasteiger partial charge in [-0.05, 0) is 36.8 Å². The number of fused-ring (bicyclic) bond motifs is 1. The van der Waals surface area contributed by atoms with E-state index in [2.05, 4.69) is 10.6 Å². The molecule has 0 saturated heterocycles. The standard InChI is InChI=1S/C22H21Cl2N3O4/c1-11(2)19(28)26-14-6-4-13(5-7-14)10-25-20(29)12(3)27-21(30)15-8-17(23)18(24)9-16(15)22(27)31/h4-9,11-12H,10H2,1-3H3,(H,25,29)(H,26,28). The Morgan fingerprint density at radius 2 is 1.42 bits per heavy atom. The maximum Gasteiger partial charge on any atom is 0.262 e. The van der Waals surface area contributed by atoms with Gasteiger partial charge >= 0.3 is 0 Å². The molecule has 1 atom stereocenters. The molecule has 3 rings (SSSR count). The normalized spacial score (nSPS) is 13.9. The lowest BCUT2D eigenvalue weighted by molar-refractivity contribution is -0.124. The van der Waals surface area contributed by atoms with Gasteiger partial charge in [-0.3, -0.25) is 24.1 Å². The fraction of sp³-hybridized carbons (Fsp3) is 0.273. The molecule has 0 aliphatic carbocycles. The minimum Gasteiger partial charge on any atom is -0.350 e. The number of nitrogens with zero attached hydrogens (tertiary/aromatic N) is 1. The van der Waals surface area contributed by atoms with Crippen LogP contribution in [-0.4, -0.2) is 34.6 Å². The monoisotopic (exact) mass is 461 g/mol. The highest BCUT2D eigenvalue weighted by Gasteiger charge is 2.41. The number of rotatable bonds is 6. The van der Waals surface area contributed by atoms with Gasteiger partial charge in [-0.2, -0.15) is 0 Å². The van der Waals surface area contributed by atoms with Crippen molar-refractivity contribution in [3.8, 4) is 0 Å². The van der Waals surface area contributed by atoms with E-state index in [1.54, 1.807) is 38.1 Å². The molecule has 9 heteroatoms. The average Bonchev–Trinajstić information content (AvgIpc) is 2.96. The summed E-state index contributed by atoms with van der Waals surface area (Å²) in [5.41, 5.74) is 1.70. The summed E-state index contributed by atoms with van der Waals surface area (Å²) in [4.78, 5) is 50.5. The Kier molecular flexibility index (Phi) is 6.67. The first-order valence-electron chi connectivity index (χ1n) is 9.64. The molecule has 162 valence electrons. The van der Waals surface area contributed by atoms with E-state index >= 15 is 0 Å². The molecule has 0 aromatic heterocycles. The van der Waals surface area contributed by atoms with Crippen LogP contribution in [0.3, 0.4) is 0 Å². The summed E-state index contributed by atoms with van der Waals surface area (Å²) in [5, 5.41) is 5.83. The lowest BCUT2D eigenvalue weighted by Crippen LogP contribution is -2.47. The van der Waals surface area contributed by atoms with Crippen LogP contribution in [-0.2, 0) is 16.1 Å². The average molecular weight is 462 g/mol. The maximum absolute atomic E-state index is 12.7. The molecule has 0 radical (unpaired) electrons. The van der Waals surface area contributed by atoms with Gasteiger partial charge in [0, 0.05) is 18.2 Å². The summed E-state index contributed by atoms with van der Waals surface area (Å²) in [6, 6.07) is 8.67. The first-order chi connectivity index (χ1) is 14.6. The Hall–Kier alpha value is -2.90. The summed E-state index contributed by atoms with van der Waals surface area (Å²) < 4.78 is 0. The molecule has 1 aliphatic rings. The molecule has 0 fully saturated rings. The molecule has 31 heavy (non-hydrogen) atoms. The minimum atomic E-state index is -1.02. The molecule has 0 saturated carbocycles. The highest BCUT2D eigenvalue weighted by molar-refractivity contribution is 6.43. The number of anilines is 1. The van der Waals surface area contributed by atoms with E-state index in [-0.39, 0.29) is 39.5 Å². The maximum atomic E-state index is 12.7. The highest BCUT2D eigenvalue weighted by atomic mass is 35.5. The van der Waals surface area contributed by atoms with Crippen molar-refractivity contribution >= 4 is 52.5 Å². The van der Waals surface area contributed by atoms with Gasteiger partial charge in [0.25, 0.3) is 11.8 Å². The van der Waals surface area contributed by atoms with Crippen molar-refractivity contribution in [2.45, 2.75) is 33.4 Å². The number of carbonyl (C=O) groups is 4. The van der Waals surface area contributed by atoms with E-state index < -0.39 is 23.8 Å². The molecule has 4 amide bonds. The van der Waals surface area contributed by atoms with Crippen molar-refractivity contribution in [1.82, 2.24) is 10.2 Å². The number of carbonyl (C=O) groups excluding carboxylic acids is 4. The van der Waals surface area contributed by atoms with Gasteiger partial charge in [0.2, 0.25) is 11.8 Å².